The Balaban J connectivity index is 2.29. The molecule has 1 unspecified atom stereocenters. The molecule has 2 heterocycles. The van der Waals surface area contributed by atoms with Gasteiger partial charge in [0.15, 0.2) is 0 Å². The number of carbonyl (C=O) groups excluding carboxylic acids is 1. The van der Waals surface area contributed by atoms with E-state index in [1.807, 2.05) is 6.92 Å². The van der Waals surface area contributed by atoms with E-state index < -0.39 is 6.10 Å². The minimum absolute atomic E-state index is 0.118. The highest BCUT2D eigenvalue weighted by Crippen LogP contribution is 2.12. The third kappa shape index (κ3) is 2.77. The number of aryl methyl sites for hydroxylation is 1. The SMILES string of the molecule is CCc1c(C(=O)N(C)CCC(C)O)cnc2ncnn12. The lowest BCUT2D eigenvalue weighted by molar-refractivity contribution is 0.0766. The van der Waals surface area contributed by atoms with Gasteiger partial charge in [-0.2, -0.15) is 10.1 Å². The number of aliphatic hydroxyl groups excluding tert-OH is 1. The second kappa shape index (κ2) is 5.96. The van der Waals surface area contributed by atoms with Gasteiger partial charge in [0.1, 0.15) is 6.33 Å². The summed E-state index contributed by atoms with van der Waals surface area (Å²) >= 11 is 0. The van der Waals surface area contributed by atoms with E-state index >= 15 is 0 Å². The summed E-state index contributed by atoms with van der Waals surface area (Å²) in [5.41, 5.74) is 1.32. The Morgan fingerprint density at radius 2 is 2.25 bits per heavy atom. The van der Waals surface area contributed by atoms with Gasteiger partial charge in [0.2, 0.25) is 0 Å². The largest absolute Gasteiger partial charge is 0.393 e. The van der Waals surface area contributed by atoms with Crippen LogP contribution in [0.4, 0.5) is 0 Å². The van der Waals surface area contributed by atoms with E-state index in [-0.39, 0.29) is 5.91 Å². The molecular formula is C13H19N5O2. The highest BCUT2D eigenvalue weighted by molar-refractivity contribution is 5.95. The molecule has 0 aliphatic carbocycles. The molecule has 1 N–H and O–H groups in total. The lowest BCUT2D eigenvalue weighted by atomic mass is 10.1. The summed E-state index contributed by atoms with van der Waals surface area (Å²) in [7, 11) is 1.72. The van der Waals surface area contributed by atoms with E-state index in [1.165, 1.54) is 6.33 Å². The molecule has 0 bridgehead atoms. The van der Waals surface area contributed by atoms with Crippen molar-refractivity contribution in [3.63, 3.8) is 0 Å². The number of nitrogens with zero attached hydrogens (tertiary/aromatic N) is 5. The average Bonchev–Trinajstić information content (AvgIpc) is 2.91. The summed E-state index contributed by atoms with van der Waals surface area (Å²) < 4.78 is 1.59. The number of aliphatic hydroxyl groups is 1. The second-order valence-electron chi connectivity index (χ2n) is 4.81. The van der Waals surface area contributed by atoms with Gasteiger partial charge in [-0.25, -0.2) is 9.50 Å². The number of fused-ring (bicyclic) bond motifs is 1. The first kappa shape index (κ1) is 14.4. The molecule has 0 spiro atoms. The molecule has 20 heavy (non-hydrogen) atoms. The molecule has 1 atom stereocenters. The first-order chi connectivity index (χ1) is 9.54. The van der Waals surface area contributed by atoms with Gasteiger partial charge in [-0.1, -0.05) is 6.92 Å². The number of aromatic nitrogens is 4. The van der Waals surface area contributed by atoms with Crippen molar-refractivity contribution in [3.05, 3.63) is 23.8 Å². The minimum Gasteiger partial charge on any atom is -0.393 e. The molecule has 0 aliphatic rings. The number of rotatable bonds is 5. The molecule has 108 valence electrons. The molecule has 2 rings (SSSR count). The van der Waals surface area contributed by atoms with Crippen molar-refractivity contribution in [1.29, 1.82) is 0 Å². The van der Waals surface area contributed by atoms with Crippen LogP contribution >= 0.6 is 0 Å². The third-order valence-corrected chi connectivity index (χ3v) is 3.20. The Hall–Kier alpha value is -2.02. The normalized spacial score (nSPS) is 12.6. The van der Waals surface area contributed by atoms with Crippen molar-refractivity contribution in [2.24, 2.45) is 0 Å². The van der Waals surface area contributed by atoms with Crippen molar-refractivity contribution < 1.29 is 9.90 Å². The van der Waals surface area contributed by atoms with E-state index in [1.54, 1.807) is 29.6 Å². The fourth-order valence-electron chi connectivity index (χ4n) is 2.03. The van der Waals surface area contributed by atoms with Crippen molar-refractivity contribution in [2.75, 3.05) is 13.6 Å². The van der Waals surface area contributed by atoms with E-state index in [4.69, 9.17) is 0 Å². The third-order valence-electron chi connectivity index (χ3n) is 3.20. The molecule has 0 fully saturated rings. The van der Waals surface area contributed by atoms with Gasteiger partial charge in [-0.05, 0) is 19.8 Å². The van der Waals surface area contributed by atoms with Crippen LogP contribution in [-0.4, -0.2) is 55.2 Å². The molecule has 2 aromatic heterocycles. The predicted molar refractivity (Wildman–Crippen MR) is 73.4 cm³/mol. The minimum atomic E-state index is -0.424. The van der Waals surface area contributed by atoms with Gasteiger partial charge < -0.3 is 10.0 Å². The predicted octanol–water partition coefficient (Wildman–Crippen LogP) is 0.530. The van der Waals surface area contributed by atoms with Gasteiger partial charge in [0, 0.05) is 19.8 Å². The van der Waals surface area contributed by atoms with Crippen LogP contribution in [0.2, 0.25) is 0 Å². The molecule has 0 saturated heterocycles. The summed E-state index contributed by atoms with van der Waals surface area (Å²) in [5.74, 6) is 0.373. The van der Waals surface area contributed by atoms with Crippen molar-refractivity contribution >= 4 is 11.7 Å². The first-order valence-electron chi connectivity index (χ1n) is 6.65. The number of hydrogen-bond acceptors (Lipinski definition) is 5. The van der Waals surface area contributed by atoms with Crippen molar-refractivity contribution in [1.82, 2.24) is 24.5 Å². The lowest BCUT2D eigenvalue weighted by Gasteiger charge is -2.19. The van der Waals surface area contributed by atoms with E-state index in [2.05, 4.69) is 15.1 Å². The van der Waals surface area contributed by atoms with Gasteiger partial charge in [-0.3, -0.25) is 4.79 Å². The molecule has 0 aromatic carbocycles. The zero-order valence-corrected chi connectivity index (χ0v) is 11.9. The van der Waals surface area contributed by atoms with Crippen LogP contribution in [0.3, 0.4) is 0 Å². The lowest BCUT2D eigenvalue weighted by Crippen LogP contribution is -2.31. The van der Waals surface area contributed by atoms with Crippen LogP contribution < -0.4 is 0 Å². The summed E-state index contributed by atoms with van der Waals surface area (Å²) in [4.78, 5) is 22.2. The van der Waals surface area contributed by atoms with E-state index in [0.29, 0.717) is 30.7 Å². The molecule has 0 aliphatic heterocycles. The number of hydrogen-bond donors (Lipinski definition) is 1. The summed E-state index contributed by atoms with van der Waals surface area (Å²) in [6, 6.07) is 0. The Labute approximate surface area is 117 Å². The van der Waals surface area contributed by atoms with E-state index in [9.17, 15) is 9.90 Å². The van der Waals surface area contributed by atoms with Crippen LogP contribution in [-0.2, 0) is 6.42 Å². The van der Waals surface area contributed by atoms with Gasteiger partial charge in [-0.15, -0.1) is 0 Å². The van der Waals surface area contributed by atoms with Crippen LogP contribution in [0.1, 0.15) is 36.3 Å². The summed E-state index contributed by atoms with van der Waals surface area (Å²) in [5, 5.41) is 13.4. The fourth-order valence-corrected chi connectivity index (χ4v) is 2.03. The zero-order valence-electron chi connectivity index (χ0n) is 11.9. The second-order valence-corrected chi connectivity index (χ2v) is 4.81. The van der Waals surface area contributed by atoms with Gasteiger partial charge >= 0.3 is 0 Å². The van der Waals surface area contributed by atoms with E-state index in [0.717, 1.165) is 5.69 Å². The maximum absolute atomic E-state index is 12.4. The van der Waals surface area contributed by atoms with Crippen LogP contribution in [0, 0.1) is 0 Å². The molecule has 2 aromatic rings. The van der Waals surface area contributed by atoms with Crippen molar-refractivity contribution in [3.8, 4) is 0 Å². The number of carbonyl (C=O) groups is 1. The van der Waals surface area contributed by atoms with Gasteiger partial charge in [0.05, 0.1) is 17.4 Å². The molecular weight excluding hydrogens is 258 g/mol. The maximum Gasteiger partial charge on any atom is 0.257 e. The maximum atomic E-state index is 12.4. The molecule has 7 nitrogen and oxygen atoms in total. The highest BCUT2D eigenvalue weighted by Gasteiger charge is 2.19. The standard InChI is InChI=1S/C13H19N5O2/c1-4-11-10(7-14-13-15-8-16-18(11)13)12(20)17(3)6-5-9(2)19/h7-9,19H,4-6H2,1-3H3. The monoisotopic (exact) mass is 277 g/mol. The molecule has 0 saturated carbocycles. The van der Waals surface area contributed by atoms with Crippen LogP contribution in [0.5, 0.6) is 0 Å². The topological polar surface area (TPSA) is 83.6 Å². The molecule has 7 heteroatoms. The Kier molecular flexibility index (Phi) is 4.29. The molecule has 1 amide bonds. The molecule has 0 radical (unpaired) electrons. The Bertz CT molecular complexity index is 608. The fraction of sp³-hybridized carbons (Fsp3) is 0.538. The van der Waals surface area contributed by atoms with Crippen LogP contribution in [0.25, 0.3) is 5.78 Å². The Morgan fingerprint density at radius 1 is 1.50 bits per heavy atom. The highest BCUT2D eigenvalue weighted by atomic mass is 16.3. The zero-order chi connectivity index (χ0) is 14.7. The van der Waals surface area contributed by atoms with Crippen molar-refractivity contribution in [2.45, 2.75) is 32.8 Å². The summed E-state index contributed by atoms with van der Waals surface area (Å²) in [6.07, 6.45) is 3.75. The average molecular weight is 277 g/mol. The summed E-state index contributed by atoms with van der Waals surface area (Å²) in [6.45, 7) is 4.16. The number of amides is 1. The first-order valence-corrected chi connectivity index (χ1v) is 6.65. The Morgan fingerprint density at radius 3 is 2.90 bits per heavy atom. The van der Waals surface area contributed by atoms with Crippen LogP contribution in [0.15, 0.2) is 12.5 Å². The van der Waals surface area contributed by atoms with Gasteiger partial charge in [0.25, 0.3) is 11.7 Å². The smallest absolute Gasteiger partial charge is 0.257 e. The quantitative estimate of drug-likeness (QED) is 0.862.